The quantitative estimate of drug-likeness (QED) is 0.841. The van der Waals surface area contributed by atoms with Crippen LogP contribution in [0.5, 0.6) is 0 Å². The van der Waals surface area contributed by atoms with Crippen LogP contribution in [0.25, 0.3) is 0 Å². The monoisotopic (exact) mass is 250 g/mol. The molecule has 0 fully saturated rings. The Balaban J connectivity index is 2.87. The van der Waals surface area contributed by atoms with Gasteiger partial charge in [0.2, 0.25) is 0 Å². The third-order valence-electron chi connectivity index (χ3n) is 2.59. The number of nitrogens with one attached hydrogen (secondary N) is 2. The highest BCUT2D eigenvalue weighted by Gasteiger charge is 2.13. The number of rotatable bonds is 5. The molecule has 0 bridgehead atoms. The third kappa shape index (κ3) is 4.51. The first-order chi connectivity index (χ1) is 8.33. The van der Waals surface area contributed by atoms with Crippen molar-refractivity contribution in [3.8, 4) is 0 Å². The van der Waals surface area contributed by atoms with Gasteiger partial charge in [-0.1, -0.05) is 27.7 Å². The van der Waals surface area contributed by atoms with Crippen molar-refractivity contribution in [2.45, 2.75) is 48.0 Å². The SMILES string of the molecule is CCCNc1nc(C)nc(NCC(C)(C)C)c1C. The van der Waals surface area contributed by atoms with Crippen molar-refractivity contribution < 1.29 is 0 Å². The molecule has 1 aromatic rings. The third-order valence-corrected chi connectivity index (χ3v) is 2.59. The maximum Gasteiger partial charge on any atom is 0.134 e. The summed E-state index contributed by atoms with van der Waals surface area (Å²) >= 11 is 0. The maximum absolute atomic E-state index is 4.48. The van der Waals surface area contributed by atoms with Gasteiger partial charge in [0.15, 0.2) is 0 Å². The van der Waals surface area contributed by atoms with Gasteiger partial charge in [0, 0.05) is 18.7 Å². The average Bonchev–Trinajstić information content (AvgIpc) is 2.26. The Kier molecular flexibility index (Phi) is 4.93. The molecule has 4 nitrogen and oxygen atoms in total. The second-order valence-corrected chi connectivity index (χ2v) is 5.93. The smallest absolute Gasteiger partial charge is 0.134 e. The Bertz CT molecular complexity index is 394. The standard InChI is InChI=1S/C14H26N4/c1-7-8-15-12-10(2)13(18-11(3)17-12)16-9-14(4,5)6/h7-9H2,1-6H3,(H2,15,16,17,18). The van der Waals surface area contributed by atoms with Gasteiger partial charge in [-0.25, -0.2) is 9.97 Å². The molecule has 0 aliphatic carbocycles. The zero-order chi connectivity index (χ0) is 13.8. The van der Waals surface area contributed by atoms with Crippen LogP contribution in [0, 0.1) is 19.3 Å². The van der Waals surface area contributed by atoms with Gasteiger partial charge in [0.05, 0.1) is 0 Å². The lowest BCUT2D eigenvalue weighted by Gasteiger charge is -2.21. The summed E-state index contributed by atoms with van der Waals surface area (Å²) in [7, 11) is 0. The summed E-state index contributed by atoms with van der Waals surface area (Å²) in [6.07, 6.45) is 1.09. The second kappa shape index (κ2) is 6.03. The normalized spacial score (nSPS) is 11.4. The Morgan fingerprint density at radius 3 is 2.06 bits per heavy atom. The second-order valence-electron chi connectivity index (χ2n) is 5.93. The van der Waals surface area contributed by atoms with E-state index in [4.69, 9.17) is 0 Å². The predicted octanol–water partition coefficient (Wildman–Crippen LogP) is 3.37. The van der Waals surface area contributed by atoms with Crippen molar-refractivity contribution in [2.24, 2.45) is 5.41 Å². The summed E-state index contributed by atoms with van der Waals surface area (Å²) in [6, 6.07) is 0. The summed E-state index contributed by atoms with van der Waals surface area (Å²) in [6.45, 7) is 14.6. The number of hydrogen-bond donors (Lipinski definition) is 2. The van der Waals surface area contributed by atoms with Crippen molar-refractivity contribution >= 4 is 11.6 Å². The molecule has 0 aromatic carbocycles. The Morgan fingerprint density at radius 2 is 1.56 bits per heavy atom. The predicted molar refractivity (Wildman–Crippen MR) is 78.2 cm³/mol. The van der Waals surface area contributed by atoms with Crippen LogP contribution in [-0.4, -0.2) is 23.1 Å². The topological polar surface area (TPSA) is 49.8 Å². The van der Waals surface area contributed by atoms with E-state index in [9.17, 15) is 0 Å². The van der Waals surface area contributed by atoms with E-state index < -0.39 is 0 Å². The maximum atomic E-state index is 4.48. The van der Waals surface area contributed by atoms with Crippen LogP contribution in [0.2, 0.25) is 0 Å². The van der Waals surface area contributed by atoms with Crippen molar-refractivity contribution in [3.63, 3.8) is 0 Å². The first-order valence-electron chi connectivity index (χ1n) is 6.66. The molecule has 102 valence electrons. The van der Waals surface area contributed by atoms with E-state index in [1.165, 1.54) is 0 Å². The fourth-order valence-electron chi connectivity index (χ4n) is 1.56. The Hall–Kier alpha value is -1.32. The van der Waals surface area contributed by atoms with Gasteiger partial charge in [-0.15, -0.1) is 0 Å². The Labute approximate surface area is 111 Å². The zero-order valence-electron chi connectivity index (χ0n) is 12.5. The molecule has 4 heteroatoms. The van der Waals surface area contributed by atoms with Gasteiger partial charge in [0.25, 0.3) is 0 Å². The summed E-state index contributed by atoms with van der Waals surface area (Å²) in [4.78, 5) is 8.94. The molecule has 2 N–H and O–H groups in total. The molecule has 0 atom stereocenters. The number of anilines is 2. The number of aromatic nitrogens is 2. The Morgan fingerprint density at radius 1 is 1.00 bits per heavy atom. The van der Waals surface area contributed by atoms with Crippen molar-refractivity contribution in [1.29, 1.82) is 0 Å². The summed E-state index contributed by atoms with van der Waals surface area (Å²) < 4.78 is 0. The largest absolute Gasteiger partial charge is 0.370 e. The molecule has 0 saturated carbocycles. The van der Waals surface area contributed by atoms with E-state index in [-0.39, 0.29) is 5.41 Å². The van der Waals surface area contributed by atoms with E-state index in [0.29, 0.717) is 0 Å². The van der Waals surface area contributed by atoms with E-state index >= 15 is 0 Å². The van der Waals surface area contributed by atoms with Crippen molar-refractivity contribution in [2.75, 3.05) is 23.7 Å². The lowest BCUT2D eigenvalue weighted by atomic mass is 9.97. The van der Waals surface area contributed by atoms with Crippen LogP contribution >= 0.6 is 0 Å². The minimum atomic E-state index is 0.238. The molecule has 0 radical (unpaired) electrons. The van der Waals surface area contributed by atoms with Gasteiger partial charge in [0.1, 0.15) is 17.5 Å². The summed E-state index contributed by atoms with van der Waals surface area (Å²) in [5.74, 6) is 2.69. The molecule has 18 heavy (non-hydrogen) atoms. The van der Waals surface area contributed by atoms with Crippen LogP contribution in [-0.2, 0) is 0 Å². The first-order valence-corrected chi connectivity index (χ1v) is 6.66. The molecular formula is C14H26N4. The molecule has 1 rings (SSSR count). The lowest BCUT2D eigenvalue weighted by molar-refractivity contribution is 0.442. The minimum absolute atomic E-state index is 0.238. The van der Waals surface area contributed by atoms with Crippen molar-refractivity contribution in [3.05, 3.63) is 11.4 Å². The van der Waals surface area contributed by atoms with E-state index in [1.54, 1.807) is 0 Å². The fraction of sp³-hybridized carbons (Fsp3) is 0.714. The van der Waals surface area contributed by atoms with Gasteiger partial charge >= 0.3 is 0 Å². The minimum Gasteiger partial charge on any atom is -0.370 e. The summed E-state index contributed by atoms with van der Waals surface area (Å²) in [5, 5.41) is 6.77. The molecule has 1 heterocycles. The zero-order valence-corrected chi connectivity index (χ0v) is 12.5. The highest BCUT2D eigenvalue weighted by atomic mass is 15.1. The molecule has 0 spiro atoms. The number of nitrogens with zero attached hydrogens (tertiary/aromatic N) is 2. The molecular weight excluding hydrogens is 224 g/mol. The van der Waals surface area contributed by atoms with Gasteiger partial charge in [-0.3, -0.25) is 0 Å². The fourth-order valence-corrected chi connectivity index (χ4v) is 1.56. The van der Waals surface area contributed by atoms with Crippen LogP contribution in [0.3, 0.4) is 0 Å². The van der Waals surface area contributed by atoms with Crippen molar-refractivity contribution in [1.82, 2.24) is 9.97 Å². The molecule has 1 aromatic heterocycles. The number of aryl methyl sites for hydroxylation is 1. The molecule has 0 unspecified atom stereocenters. The van der Waals surface area contributed by atoms with Crippen LogP contribution in [0.1, 0.15) is 45.5 Å². The van der Waals surface area contributed by atoms with Gasteiger partial charge in [-0.05, 0) is 25.7 Å². The summed E-state index contributed by atoms with van der Waals surface area (Å²) in [5.41, 5.74) is 1.33. The van der Waals surface area contributed by atoms with E-state index in [1.807, 2.05) is 6.92 Å². The van der Waals surface area contributed by atoms with Crippen LogP contribution in [0.4, 0.5) is 11.6 Å². The number of hydrogen-bond acceptors (Lipinski definition) is 4. The van der Waals surface area contributed by atoms with E-state index in [2.05, 4.69) is 55.2 Å². The van der Waals surface area contributed by atoms with Crippen LogP contribution in [0.15, 0.2) is 0 Å². The average molecular weight is 250 g/mol. The highest BCUT2D eigenvalue weighted by Crippen LogP contribution is 2.21. The van der Waals surface area contributed by atoms with Gasteiger partial charge in [-0.2, -0.15) is 0 Å². The molecule has 0 amide bonds. The molecule has 0 saturated heterocycles. The van der Waals surface area contributed by atoms with Gasteiger partial charge < -0.3 is 10.6 Å². The lowest BCUT2D eigenvalue weighted by Crippen LogP contribution is -2.21. The highest BCUT2D eigenvalue weighted by molar-refractivity contribution is 5.57. The van der Waals surface area contributed by atoms with E-state index in [0.717, 1.165) is 42.5 Å². The molecule has 0 aliphatic heterocycles. The first kappa shape index (κ1) is 14.7. The van der Waals surface area contributed by atoms with Crippen LogP contribution < -0.4 is 10.6 Å². The molecule has 0 aliphatic rings.